The first-order valence-corrected chi connectivity index (χ1v) is 4.65. The molecule has 0 unspecified atom stereocenters. The fourth-order valence-corrected chi connectivity index (χ4v) is 1.22. The molecule has 13 heavy (non-hydrogen) atoms. The molecule has 0 aliphatic heterocycles. The van der Waals surface area contributed by atoms with Crippen molar-refractivity contribution in [2.24, 2.45) is 0 Å². The average molecular weight is 203 g/mol. The van der Waals surface area contributed by atoms with Crippen molar-refractivity contribution in [3.05, 3.63) is 18.2 Å². The summed E-state index contributed by atoms with van der Waals surface area (Å²) in [7, 11) is -3.03. The summed E-state index contributed by atoms with van der Waals surface area (Å²) < 4.78 is 34.4. The van der Waals surface area contributed by atoms with E-state index in [4.69, 9.17) is 9.66 Å². The van der Waals surface area contributed by atoms with E-state index in [1.165, 1.54) is 7.11 Å². The third-order valence-corrected chi connectivity index (χ3v) is 2.16. The van der Waals surface area contributed by atoms with Gasteiger partial charge in [0.25, 0.3) is 10.1 Å². The van der Waals surface area contributed by atoms with Gasteiger partial charge in [0.1, 0.15) is 4.90 Å². The van der Waals surface area contributed by atoms with Gasteiger partial charge >= 0.3 is 0 Å². The number of methoxy groups -OCH3 is 1. The maximum absolute atomic E-state index is 10.6. The highest BCUT2D eigenvalue weighted by molar-refractivity contribution is 7.85. The summed E-state index contributed by atoms with van der Waals surface area (Å²) >= 11 is 0. The minimum atomic E-state index is -4.30. The molecule has 1 aromatic carbocycles. The van der Waals surface area contributed by atoms with Gasteiger partial charge in [-0.1, -0.05) is 0 Å². The van der Waals surface area contributed by atoms with Gasteiger partial charge in [-0.3, -0.25) is 4.55 Å². The summed E-state index contributed by atoms with van der Waals surface area (Å²) in [6.45, 7) is 0. The zero-order valence-electron chi connectivity index (χ0n) is 6.68. The maximum Gasteiger partial charge on any atom is 0.295 e. The van der Waals surface area contributed by atoms with Gasteiger partial charge in [-0.15, -0.1) is 0 Å². The Bertz CT molecular complexity index is 409. The van der Waals surface area contributed by atoms with Crippen LogP contribution in [0.3, 0.4) is 0 Å². The average Bonchev–Trinajstić information content (AvgIpc) is 2.03. The standard InChI is InChI=1S/C7H7O5S/c1-12-7-4-5(13(9,10)11)2-3-6(7)8/h3-4,8H,1H3,(H,9,10,11). The molecule has 0 fully saturated rings. The third-order valence-electron chi connectivity index (χ3n) is 1.36. The lowest BCUT2D eigenvalue weighted by Crippen LogP contribution is -1.98. The molecule has 1 radical (unpaired) electrons. The van der Waals surface area contributed by atoms with Crippen LogP contribution in [0.25, 0.3) is 0 Å². The quantitative estimate of drug-likeness (QED) is 0.681. The molecule has 0 aliphatic carbocycles. The summed E-state index contributed by atoms with van der Waals surface area (Å²) in [5, 5.41) is 9.07. The van der Waals surface area contributed by atoms with E-state index in [-0.39, 0.29) is 11.5 Å². The minimum absolute atomic E-state index is 0.0358. The van der Waals surface area contributed by atoms with Crippen LogP contribution < -0.4 is 4.74 Å². The van der Waals surface area contributed by atoms with E-state index < -0.39 is 15.0 Å². The highest BCUT2D eigenvalue weighted by Crippen LogP contribution is 2.27. The van der Waals surface area contributed by atoms with E-state index in [9.17, 15) is 8.42 Å². The summed E-state index contributed by atoms with van der Waals surface area (Å²) in [6, 6.07) is 4.16. The van der Waals surface area contributed by atoms with Crippen molar-refractivity contribution in [3.63, 3.8) is 0 Å². The van der Waals surface area contributed by atoms with Crippen LogP contribution in [0.5, 0.6) is 11.5 Å². The van der Waals surface area contributed by atoms with E-state index in [2.05, 4.69) is 10.8 Å². The Labute approximate surface area is 75.3 Å². The van der Waals surface area contributed by atoms with Crippen molar-refractivity contribution >= 4 is 10.1 Å². The van der Waals surface area contributed by atoms with Crippen molar-refractivity contribution in [2.75, 3.05) is 7.11 Å². The van der Waals surface area contributed by atoms with Gasteiger partial charge in [0.05, 0.1) is 7.11 Å². The number of hydrogen-bond acceptors (Lipinski definition) is 4. The Balaban J connectivity index is 3.30. The molecular weight excluding hydrogens is 196 g/mol. The second-order valence-electron chi connectivity index (χ2n) is 2.23. The predicted molar refractivity (Wildman–Crippen MR) is 43.3 cm³/mol. The fourth-order valence-electron chi connectivity index (χ4n) is 0.758. The molecular formula is C7H7O5S. The fraction of sp³-hybridized carbons (Fsp3) is 0.143. The van der Waals surface area contributed by atoms with Gasteiger partial charge in [-0.2, -0.15) is 8.42 Å². The maximum atomic E-state index is 10.6. The largest absolute Gasteiger partial charge is 0.504 e. The molecule has 1 rings (SSSR count). The van der Waals surface area contributed by atoms with Crippen molar-refractivity contribution < 1.29 is 22.8 Å². The molecule has 0 saturated carbocycles. The highest BCUT2D eigenvalue weighted by atomic mass is 32.2. The van der Waals surface area contributed by atoms with Crippen LogP contribution >= 0.6 is 0 Å². The van der Waals surface area contributed by atoms with Crippen LogP contribution in [0.4, 0.5) is 0 Å². The minimum Gasteiger partial charge on any atom is -0.504 e. The Morgan fingerprint density at radius 3 is 2.62 bits per heavy atom. The lowest BCUT2D eigenvalue weighted by molar-refractivity contribution is 0.371. The molecule has 0 amide bonds. The van der Waals surface area contributed by atoms with Crippen molar-refractivity contribution in [3.8, 4) is 11.5 Å². The van der Waals surface area contributed by atoms with Crippen LogP contribution in [0.2, 0.25) is 0 Å². The van der Waals surface area contributed by atoms with E-state index in [1.54, 1.807) is 0 Å². The van der Waals surface area contributed by atoms with E-state index >= 15 is 0 Å². The normalized spacial score (nSPS) is 11.2. The SMILES string of the molecule is COc1cc(S(=O)(=O)O)[c]cc1O. The van der Waals surface area contributed by atoms with Gasteiger partial charge in [-0.25, -0.2) is 0 Å². The molecule has 1 aromatic rings. The molecule has 0 atom stereocenters. The third kappa shape index (κ3) is 2.10. The summed E-state index contributed by atoms with van der Waals surface area (Å²) in [5.74, 6) is -0.277. The van der Waals surface area contributed by atoms with Crippen LogP contribution in [-0.4, -0.2) is 25.2 Å². The molecule has 0 spiro atoms. The first kappa shape index (κ1) is 9.82. The van der Waals surface area contributed by atoms with E-state index in [0.29, 0.717) is 0 Å². The lowest BCUT2D eigenvalue weighted by atomic mass is 10.3. The summed E-state index contributed by atoms with van der Waals surface area (Å²) in [4.78, 5) is -0.442. The molecule has 0 aromatic heterocycles. The van der Waals surface area contributed by atoms with Crippen LogP contribution in [-0.2, 0) is 10.1 Å². The summed E-state index contributed by atoms with van der Waals surface area (Å²) in [6.07, 6.45) is 0. The van der Waals surface area contributed by atoms with Crippen molar-refractivity contribution in [1.29, 1.82) is 0 Å². The van der Waals surface area contributed by atoms with Crippen LogP contribution in [0, 0.1) is 6.07 Å². The van der Waals surface area contributed by atoms with Gasteiger partial charge in [0.2, 0.25) is 0 Å². The Kier molecular flexibility index (Phi) is 2.44. The lowest BCUT2D eigenvalue weighted by Gasteiger charge is -2.03. The second kappa shape index (κ2) is 3.23. The monoisotopic (exact) mass is 203 g/mol. The zero-order chi connectivity index (χ0) is 10.1. The van der Waals surface area contributed by atoms with Crippen LogP contribution in [0.15, 0.2) is 17.0 Å². The smallest absolute Gasteiger partial charge is 0.295 e. The van der Waals surface area contributed by atoms with E-state index in [1.807, 2.05) is 0 Å². The Morgan fingerprint density at radius 2 is 2.15 bits per heavy atom. The molecule has 71 valence electrons. The van der Waals surface area contributed by atoms with Crippen molar-refractivity contribution in [1.82, 2.24) is 0 Å². The molecule has 5 nitrogen and oxygen atoms in total. The molecule has 0 aliphatic rings. The number of benzene rings is 1. The van der Waals surface area contributed by atoms with E-state index in [0.717, 1.165) is 12.1 Å². The van der Waals surface area contributed by atoms with Gasteiger partial charge in [-0.05, 0) is 6.07 Å². The highest BCUT2D eigenvalue weighted by Gasteiger charge is 2.12. The molecule has 6 heteroatoms. The number of rotatable bonds is 2. The van der Waals surface area contributed by atoms with Crippen LogP contribution in [0.1, 0.15) is 0 Å². The molecule has 2 N–H and O–H groups in total. The topological polar surface area (TPSA) is 83.8 Å². The Morgan fingerprint density at radius 1 is 1.54 bits per heavy atom. The van der Waals surface area contributed by atoms with Crippen molar-refractivity contribution in [2.45, 2.75) is 4.90 Å². The molecule has 0 saturated heterocycles. The van der Waals surface area contributed by atoms with Gasteiger partial charge in [0, 0.05) is 12.1 Å². The number of aromatic hydroxyl groups is 1. The number of phenolic OH excluding ortho intramolecular Hbond substituents is 1. The second-order valence-corrected chi connectivity index (χ2v) is 3.62. The number of ether oxygens (including phenoxy) is 1. The zero-order valence-corrected chi connectivity index (χ0v) is 7.50. The number of hydrogen-bond donors (Lipinski definition) is 2. The predicted octanol–water partition coefficient (Wildman–Crippen LogP) is 0.448. The van der Waals surface area contributed by atoms with Gasteiger partial charge in [0.15, 0.2) is 11.5 Å². The first-order chi connectivity index (χ1) is 5.95. The Hall–Kier alpha value is -1.27. The summed E-state index contributed by atoms with van der Waals surface area (Å²) in [5.41, 5.74) is 0. The number of phenols is 1. The molecule has 0 bridgehead atoms. The van der Waals surface area contributed by atoms with Gasteiger partial charge < -0.3 is 9.84 Å². The first-order valence-electron chi connectivity index (χ1n) is 3.21. The molecule has 0 heterocycles.